The van der Waals surface area contributed by atoms with Crippen LogP contribution in [0.5, 0.6) is 0 Å². The number of halogens is 1. The molecular weight excluding hydrogens is 297 g/mol. The molecule has 0 saturated heterocycles. The quantitative estimate of drug-likeness (QED) is 0.809. The third kappa shape index (κ3) is 2.96. The SMILES string of the molecule is CC(C(=O)Nc1ccc(F)cc1)n1cnc2ccccc2c1=O. The zero-order valence-electron chi connectivity index (χ0n) is 12.4. The minimum Gasteiger partial charge on any atom is -0.324 e. The molecule has 1 aromatic heterocycles. The first-order valence-corrected chi connectivity index (χ1v) is 7.08. The number of rotatable bonds is 3. The average molecular weight is 311 g/mol. The van der Waals surface area contributed by atoms with E-state index in [0.29, 0.717) is 16.6 Å². The summed E-state index contributed by atoms with van der Waals surface area (Å²) in [6.45, 7) is 1.61. The Hall–Kier alpha value is -3.02. The monoisotopic (exact) mass is 311 g/mol. The molecule has 23 heavy (non-hydrogen) atoms. The lowest BCUT2D eigenvalue weighted by molar-refractivity contribution is -0.118. The van der Waals surface area contributed by atoms with Crippen LogP contribution in [0.3, 0.4) is 0 Å². The molecule has 0 aliphatic heterocycles. The number of hydrogen-bond donors (Lipinski definition) is 1. The molecule has 0 radical (unpaired) electrons. The molecule has 116 valence electrons. The Morgan fingerprint density at radius 1 is 1.17 bits per heavy atom. The van der Waals surface area contributed by atoms with E-state index >= 15 is 0 Å². The third-order valence-electron chi connectivity index (χ3n) is 3.60. The molecule has 3 aromatic rings. The fourth-order valence-corrected chi connectivity index (χ4v) is 2.27. The largest absolute Gasteiger partial charge is 0.324 e. The number of fused-ring (bicyclic) bond motifs is 1. The van der Waals surface area contributed by atoms with Crippen LogP contribution in [0.4, 0.5) is 10.1 Å². The molecule has 0 saturated carbocycles. The maximum atomic E-state index is 12.9. The molecule has 1 N–H and O–H groups in total. The van der Waals surface area contributed by atoms with Crippen molar-refractivity contribution < 1.29 is 9.18 Å². The molecule has 1 atom stereocenters. The van der Waals surface area contributed by atoms with Gasteiger partial charge in [-0.05, 0) is 43.3 Å². The normalized spacial score (nSPS) is 12.1. The Balaban J connectivity index is 1.89. The lowest BCUT2D eigenvalue weighted by atomic mass is 10.2. The first-order valence-electron chi connectivity index (χ1n) is 7.08. The van der Waals surface area contributed by atoms with Crippen molar-refractivity contribution in [3.05, 3.63) is 71.0 Å². The summed E-state index contributed by atoms with van der Waals surface area (Å²) in [4.78, 5) is 29.0. The van der Waals surface area contributed by atoms with Gasteiger partial charge in [0.1, 0.15) is 11.9 Å². The van der Waals surface area contributed by atoms with Crippen molar-refractivity contribution in [2.45, 2.75) is 13.0 Å². The molecule has 1 amide bonds. The van der Waals surface area contributed by atoms with Gasteiger partial charge in [0.2, 0.25) is 5.91 Å². The summed E-state index contributed by atoms with van der Waals surface area (Å²) in [7, 11) is 0. The van der Waals surface area contributed by atoms with Crippen LogP contribution < -0.4 is 10.9 Å². The topological polar surface area (TPSA) is 64.0 Å². The molecule has 0 aliphatic carbocycles. The highest BCUT2D eigenvalue weighted by atomic mass is 19.1. The van der Waals surface area contributed by atoms with Crippen LogP contribution in [0.25, 0.3) is 10.9 Å². The second-order valence-electron chi connectivity index (χ2n) is 5.15. The number of carbonyl (C=O) groups excluding carboxylic acids is 1. The van der Waals surface area contributed by atoms with Gasteiger partial charge in [-0.25, -0.2) is 9.37 Å². The second kappa shape index (κ2) is 6.00. The summed E-state index contributed by atoms with van der Waals surface area (Å²) < 4.78 is 14.2. The number of para-hydroxylation sites is 1. The van der Waals surface area contributed by atoms with Crippen LogP contribution in [0.15, 0.2) is 59.7 Å². The highest BCUT2D eigenvalue weighted by Gasteiger charge is 2.17. The first-order chi connectivity index (χ1) is 11.1. The maximum Gasteiger partial charge on any atom is 0.261 e. The van der Waals surface area contributed by atoms with E-state index in [4.69, 9.17) is 0 Å². The van der Waals surface area contributed by atoms with Crippen molar-refractivity contribution in [1.82, 2.24) is 9.55 Å². The van der Waals surface area contributed by atoms with Crippen molar-refractivity contribution >= 4 is 22.5 Å². The predicted molar refractivity (Wildman–Crippen MR) is 85.7 cm³/mol. The van der Waals surface area contributed by atoms with Gasteiger partial charge in [0.25, 0.3) is 5.56 Å². The highest BCUT2D eigenvalue weighted by Crippen LogP contribution is 2.13. The zero-order chi connectivity index (χ0) is 16.4. The van der Waals surface area contributed by atoms with E-state index in [9.17, 15) is 14.0 Å². The number of aromatic nitrogens is 2. The smallest absolute Gasteiger partial charge is 0.261 e. The first kappa shape index (κ1) is 14.9. The zero-order valence-corrected chi connectivity index (χ0v) is 12.4. The number of hydrogen-bond acceptors (Lipinski definition) is 3. The van der Waals surface area contributed by atoms with Gasteiger partial charge in [-0.1, -0.05) is 12.1 Å². The van der Waals surface area contributed by atoms with Gasteiger partial charge in [0, 0.05) is 5.69 Å². The number of carbonyl (C=O) groups is 1. The van der Waals surface area contributed by atoms with Crippen LogP contribution in [-0.2, 0) is 4.79 Å². The second-order valence-corrected chi connectivity index (χ2v) is 5.15. The van der Waals surface area contributed by atoms with E-state index in [1.54, 1.807) is 31.2 Å². The maximum absolute atomic E-state index is 12.9. The molecule has 6 heteroatoms. The molecule has 2 aromatic carbocycles. The summed E-state index contributed by atoms with van der Waals surface area (Å²) in [6.07, 6.45) is 1.36. The van der Waals surface area contributed by atoms with Crippen LogP contribution in [0, 0.1) is 5.82 Å². The van der Waals surface area contributed by atoms with Crippen molar-refractivity contribution in [3.8, 4) is 0 Å². The van der Waals surface area contributed by atoms with Crippen LogP contribution in [-0.4, -0.2) is 15.5 Å². The lowest BCUT2D eigenvalue weighted by Gasteiger charge is -2.15. The molecule has 0 spiro atoms. The van der Waals surface area contributed by atoms with Crippen molar-refractivity contribution in [3.63, 3.8) is 0 Å². The summed E-state index contributed by atoms with van der Waals surface area (Å²) in [5.74, 6) is -0.762. The van der Waals surface area contributed by atoms with Gasteiger partial charge in [-0.2, -0.15) is 0 Å². The van der Waals surface area contributed by atoms with Gasteiger partial charge in [-0.15, -0.1) is 0 Å². The van der Waals surface area contributed by atoms with E-state index in [-0.39, 0.29) is 17.3 Å². The Bertz CT molecular complexity index is 919. The van der Waals surface area contributed by atoms with E-state index in [2.05, 4.69) is 10.3 Å². The van der Waals surface area contributed by atoms with Crippen LogP contribution in [0.1, 0.15) is 13.0 Å². The molecular formula is C17H14FN3O2. The molecule has 3 rings (SSSR count). The van der Waals surface area contributed by atoms with Gasteiger partial charge in [0.05, 0.1) is 17.2 Å². The molecule has 0 aliphatic rings. The molecule has 0 fully saturated rings. The Kier molecular flexibility index (Phi) is 3.89. The van der Waals surface area contributed by atoms with E-state index in [0.717, 1.165) is 0 Å². The Morgan fingerprint density at radius 2 is 1.87 bits per heavy atom. The summed E-state index contributed by atoms with van der Waals surface area (Å²) in [5, 5.41) is 3.10. The highest BCUT2D eigenvalue weighted by molar-refractivity contribution is 5.93. The summed E-state index contributed by atoms with van der Waals surface area (Å²) >= 11 is 0. The van der Waals surface area contributed by atoms with Gasteiger partial charge in [0.15, 0.2) is 0 Å². The fraction of sp³-hybridized carbons (Fsp3) is 0.118. The third-order valence-corrected chi connectivity index (χ3v) is 3.60. The standard InChI is InChI=1S/C17H14FN3O2/c1-11(16(22)20-13-8-6-12(18)7-9-13)21-10-19-15-5-3-2-4-14(15)17(21)23/h2-11H,1H3,(H,20,22). The number of anilines is 1. The predicted octanol–water partition coefficient (Wildman–Crippen LogP) is 2.74. The minimum absolute atomic E-state index is 0.280. The average Bonchev–Trinajstić information content (AvgIpc) is 2.57. The van der Waals surface area contributed by atoms with Crippen molar-refractivity contribution in [2.75, 3.05) is 5.32 Å². The number of nitrogens with zero attached hydrogens (tertiary/aromatic N) is 2. The number of nitrogens with one attached hydrogen (secondary N) is 1. The Labute approximate surface area is 131 Å². The molecule has 1 unspecified atom stereocenters. The van der Waals surface area contributed by atoms with Crippen molar-refractivity contribution in [2.24, 2.45) is 0 Å². The van der Waals surface area contributed by atoms with Crippen LogP contribution in [0.2, 0.25) is 0 Å². The molecule has 1 heterocycles. The molecule has 5 nitrogen and oxygen atoms in total. The Morgan fingerprint density at radius 3 is 2.61 bits per heavy atom. The van der Waals surface area contributed by atoms with E-state index < -0.39 is 6.04 Å². The lowest BCUT2D eigenvalue weighted by Crippen LogP contribution is -2.31. The van der Waals surface area contributed by atoms with Gasteiger partial charge in [-0.3, -0.25) is 14.2 Å². The molecule has 0 bridgehead atoms. The van der Waals surface area contributed by atoms with Crippen molar-refractivity contribution in [1.29, 1.82) is 0 Å². The minimum atomic E-state index is -0.746. The van der Waals surface area contributed by atoms with Gasteiger partial charge < -0.3 is 5.32 Å². The summed E-state index contributed by atoms with van der Waals surface area (Å²) in [5.41, 5.74) is 0.766. The fourth-order valence-electron chi connectivity index (χ4n) is 2.27. The van der Waals surface area contributed by atoms with E-state index in [1.165, 1.54) is 35.2 Å². The van der Waals surface area contributed by atoms with Crippen LogP contribution >= 0.6 is 0 Å². The summed E-state index contributed by atoms with van der Waals surface area (Å²) in [6, 6.07) is 11.6. The van der Waals surface area contributed by atoms with E-state index in [1.807, 2.05) is 0 Å². The number of amides is 1. The van der Waals surface area contributed by atoms with Gasteiger partial charge >= 0.3 is 0 Å². The number of benzene rings is 2.